The monoisotopic (exact) mass is 289 g/mol. The summed E-state index contributed by atoms with van der Waals surface area (Å²) < 4.78 is 0. The summed E-state index contributed by atoms with van der Waals surface area (Å²) in [6.07, 6.45) is 2.30. The number of benzene rings is 3. The molecule has 1 heteroatoms. The van der Waals surface area contributed by atoms with Crippen LogP contribution in [-0.4, -0.2) is 6.54 Å². The SMILES string of the molecule is C[C@@H](NCCCc1ccccc1)c1cccc2ccccc12. The molecule has 0 unspecified atom stereocenters. The lowest BCUT2D eigenvalue weighted by molar-refractivity contribution is 0.561. The molecule has 3 rings (SSSR count). The summed E-state index contributed by atoms with van der Waals surface area (Å²) in [5.41, 5.74) is 2.81. The molecule has 0 aliphatic rings. The molecule has 0 heterocycles. The first kappa shape index (κ1) is 14.8. The minimum Gasteiger partial charge on any atom is -0.310 e. The Morgan fingerprint density at radius 3 is 2.41 bits per heavy atom. The maximum Gasteiger partial charge on any atom is 0.0297 e. The minimum absolute atomic E-state index is 0.377. The van der Waals surface area contributed by atoms with E-state index in [0.717, 1.165) is 13.0 Å². The molecule has 0 fully saturated rings. The summed E-state index contributed by atoms with van der Waals surface area (Å²) in [5, 5.41) is 6.33. The highest BCUT2D eigenvalue weighted by Gasteiger charge is 2.08. The van der Waals surface area contributed by atoms with E-state index in [-0.39, 0.29) is 0 Å². The fourth-order valence-corrected chi connectivity index (χ4v) is 2.99. The minimum atomic E-state index is 0.377. The zero-order valence-corrected chi connectivity index (χ0v) is 13.1. The largest absolute Gasteiger partial charge is 0.310 e. The zero-order chi connectivity index (χ0) is 15.2. The lowest BCUT2D eigenvalue weighted by Gasteiger charge is -2.16. The Balaban J connectivity index is 1.58. The predicted octanol–water partition coefficient (Wildman–Crippen LogP) is 5.12. The van der Waals surface area contributed by atoms with Crippen molar-refractivity contribution >= 4 is 10.8 Å². The van der Waals surface area contributed by atoms with Gasteiger partial charge in [0.05, 0.1) is 0 Å². The lowest BCUT2D eigenvalue weighted by atomic mass is 9.99. The highest BCUT2D eigenvalue weighted by molar-refractivity contribution is 5.86. The van der Waals surface area contributed by atoms with Gasteiger partial charge in [-0.1, -0.05) is 72.8 Å². The maximum atomic E-state index is 3.66. The topological polar surface area (TPSA) is 12.0 Å². The van der Waals surface area contributed by atoms with Crippen LogP contribution in [0.3, 0.4) is 0 Å². The quantitative estimate of drug-likeness (QED) is 0.621. The van der Waals surface area contributed by atoms with Gasteiger partial charge < -0.3 is 5.32 Å². The molecule has 112 valence electrons. The van der Waals surface area contributed by atoms with Crippen LogP contribution in [0.5, 0.6) is 0 Å². The molecule has 0 bridgehead atoms. The molecule has 0 saturated carbocycles. The normalized spacial score (nSPS) is 12.4. The zero-order valence-electron chi connectivity index (χ0n) is 13.1. The molecule has 0 aromatic heterocycles. The van der Waals surface area contributed by atoms with Gasteiger partial charge in [0.2, 0.25) is 0 Å². The third-order valence-electron chi connectivity index (χ3n) is 4.23. The Bertz CT molecular complexity index is 713. The van der Waals surface area contributed by atoms with Crippen LogP contribution < -0.4 is 5.32 Å². The van der Waals surface area contributed by atoms with Gasteiger partial charge in [0.15, 0.2) is 0 Å². The Morgan fingerprint density at radius 1 is 0.818 bits per heavy atom. The Kier molecular flexibility index (Phi) is 4.87. The molecule has 3 aromatic carbocycles. The van der Waals surface area contributed by atoms with Crippen molar-refractivity contribution in [3.05, 3.63) is 83.9 Å². The van der Waals surface area contributed by atoms with Crippen LogP contribution in [0.2, 0.25) is 0 Å². The standard InChI is InChI=1S/C21H23N/c1-17(22-16-8-11-18-9-3-2-4-10-18)20-15-7-13-19-12-5-6-14-21(19)20/h2-7,9-10,12-15,17,22H,8,11,16H2,1H3/t17-/m1/s1. The van der Waals surface area contributed by atoms with Gasteiger partial charge in [-0.05, 0) is 48.2 Å². The van der Waals surface area contributed by atoms with Crippen LogP contribution in [0.4, 0.5) is 0 Å². The fourth-order valence-electron chi connectivity index (χ4n) is 2.99. The number of nitrogens with one attached hydrogen (secondary N) is 1. The van der Waals surface area contributed by atoms with E-state index in [1.165, 1.54) is 28.3 Å². The van der Waals surface area contributed by atoms with Crippen molar-refractivity contribution in [1.82, 2.24) is 5.32 Å². The number of hydrogen-bond acceptors (Lipinski definition) is 1. The van der Waals surface area contributed by atoms with E-state index in [9.17, 15) is 0 Å². The molecule has 1 N–H and O–H groups in total. The van der Waals surface area contributed by atoms with Gasteiger partial charge in [-0.25, -0.2) is 0 Å². The predicted molar refractivity (Wildman–Crippen MR) is 95.1 cm³/mol. The molecular weight excluding hydrogens is 266 g/mol. The molecule has 0 aliphatic carbocycles. The van der Waals surface area contributed by atoms with Crippen molar-refractivity contribution in [2.45, 2.75) is 25.8 Å². The molecule has 1 atom stereocenters. The Labute approximate surface area is 133 Å². The molecule has 0 aliphatic heterocycles. The summed E-state index contributed by atoms with van der Waals surface area (Å²) >= 11 is 0. The van der Waals surface area contributed by atoms with Crippen molar-refractivity contribution in [3.63, 3.8) is 0 Å². The molecule has 0 amide bonds. The molecular formula is C21H23N. The van der Waals surface area contributed by atoms with E-state index in [1.807, 2.05) is 0 Å². The van der Waals surface area contributed by atoms with Crippen LogP contribution in [0.1, 0.15) is 30.5 Å². The van der Waals surface area contributed by atoms with E-state index in [2.05, 4.69) is 85.0 Å². The molecule has 1 nitrogen and oxygen atoms in total. The van der Waals surface area contributed by atoms with Crippen molar-refractivity contribution in [2.75, 3.05) is 6.54 Å². The molecule has 0 saturated heterocycles. The Morgan fingerprint density at radius 2 is 1.55 bits per heavy atom. The third kappa shape index (κ3) is 3.55. The lowest BCUT2D eigenvalue weighted by Crippen LogP contribution is -2.20. The van der Waals surface area contributed by atoms with Crippen molar-refractivity contribution < 1.29 is 0 Å². The smallest absolute Gasteiger partial charge is 0.0297 e. The van der Waals surface area contributed by atoms with Gasteiger partial charge in [-0.15, -0.1) is 0 Å². The Hall–Kier alpha value is -2.12. The first-order valence-electron chi connectivity index (χ1n) is 8.09. The van der Waals surface area contributed by atoms with E-state index in [1.54, 1.807) is 0 Å². The first-order valence-corrected chi connectivity index (χ1v) is 8.09. The highest BCUT2D eigenvalue weighted by atomic mass is 14.9. The van der Waals surface area contributed by atoms with E-state index >= 15 is 0 Å². The van der Waals surface area contributed by atoms with E-state index < -0.39 is 0 Å². The van der Waals surface area contributed by atoms with Crippen LogP contribution >= 0.6 is 0 Å². The van der Waals surface area contributed by atoms with Gasteiger partial charge in [-0.2, -0.15) is 0 Å². The molecule has 22 heavy (non-hydrogen) atoms. The van der Waals surface area contributed by atoms with Gasteiger partial charge in [-0.3, -0.25) is 0 Å². The van der Waals surface area contributed by atoms with E-state index in [0.29, 0.717) is 6.04 Å². The van der Waals surface area contributed by atoms with Gasteiger partial charge in [0.1, 0.15) is 0 Å². The van der Waals surface area contributed by atoms with Gasteiger partial charge in [0, 0.05) is 6.04 Å². The number of aryl methyl sites for hydroxylation is 1. The first-order chi connectivity index (χ1) is 10.8. The van der Waals surface area contributed by atoms with Gasteiger partial charge in [0.25, 0.3) is 0 Å². The average molecular weight is 289 g/mol. The molecule has 0 spiro atoms. The highest BCUT2D eigenvalue weighted by Crippen LogP contribution is 2.23. The van der Waals surface area contributed by atoms with Crippen molar-refractivity contribution in [2.24, 2.45) is 0 Å². The van der Waals surface area contributed by atoms with Crippen molar-refractivity contribution in [3.8, 4) is 0 Å². The molecule has 0 radical (unpaired) electrons. The number of fused-ring (bicyclic) bond motifs is 1. The average Bonchev–Trinajstić information content (AvgIpc) is 2.59. The summed E-state index contributed by atoms with van der Waals surface area (Å²) in [5.74, 6) is 0. The fraction of sp³-hybridized carbons (Fsp3) is 0.238. The summed E-state index contributed by atoms with van der Waals surface area (Å²) in [6, 6.07) is 26.3. The van der Waals surface area contributed by atoms with Crippen LogP contribution in [0, 0.1) is 0 Å². The molecule has 3 aromatic rings. The van der Waals surface area contributed by atoms with Crippen LogP contribution in [-0.2, 0) is 6.42 Å². The van der Waals surface area contributed by atoms with Crippen LogP contribution in [0.15, 0.2) is 72.8 Å². The summed E-state index contributed by atoms with van der Waals surface area (Å²) in [6.45, 7) is 3.30. The second-order valence-electron chi connectivity index (χ2n) is 5.83. The maximum absolute atomic E-state index is 3.66. The third-order valence-corrected chi connectivity index (χ3v) is 4.23. The van der Waals surface area contributed by atoms with Crippen LogP contribution in [0.25, 0.3) is 10.8 Å². The summed E-state index contributed by atoms with van der Waals surface area (Å²) in [7, 11) is 0. The number of hydrogen-bond donors (Lipinski definition) is 1. The second kappa shape index (κ2) is 7.24. The second-order valence-corrected chi connectivity index (χ2v) is 5.83. The van der Waals surface area contributed by atoms with Crippen molar-refractivity contribution in [1.29, 1.82) is 0 Å². The van der Waals surface area contributed by atoms with E-state index in [4.69, 9.17) is 0 Å². The number of rotatable bonds is 6. The van der Waals surface area contributed by atoms with Gasteiger partial charge >= 0.3 is 0 Å². The summed E-state index contributed by atoms with van der Waals surface area (Å²) in [4.78, 5) is 0.